The SMILES string of the molecule is C=C(CC)/C(N=C(C)NC(=C)c1ccnc(CCC)c1)=C(C)\C(=C/C)C1CCCCC1. The van der Waals surface area contributed by atoms with Crippen LogP contribution in [0.15, 0.2) is 65.0 Å². The average Bonchev–Trinajstić information content (AvgIpc) is 2.78. The van der Waals surface area contributed by atoms with E-state index >= 15 is 0 Å². The predicted octanol–water partition coefficient (Wildman–Crippen LogP) is 7.78. The van der Waals surface area contributed by atoms with Crippen LogP contribution >= 0.6 is 0 Å². The van der Waals surface area contributed by atoms with Crippen molar-refractivity contribution in [1.29, 1.82) is 0 Å². The van der Waals surface area contributed by atoms with Gasteiger partial charge in [0.25, 0.3) is 0 Å². The van der Waals surface area contributed by atoms with Gasteiger partial charge in [-0.3, -0.25) is 4.98 Å². The monoisotopic (exact) mass is 419 g/mol. The summed E-state index contributed by atoms with van der Waals surface area (Å²) >= 11 is 0. The lowest BCUT2D eigenvalue weighted by Crippen LogP contribution is -2.19. The second-order valence-corrected chi connectivity index (χ2v) is 8.60. The van der Waals surface area contributed by atoms with Gasteiger partial charge in [-0.1, -0.05) is 58.8 Å². The average molecular weight is 420 g/mol. The van der Waals surface area contributed by atoms with E-state index in [4.69, 9.17) is 4.99 Å². The number of hydrogen-bond acceptors (Lipinski definition) is 2. The van der Waals surface area contributed by atoms with Crippen LogP contribution in [0.5, 0.6) is 0 Å². The summed E-state index contributed by atoms with van der Waals surface area (Å²) in [5.41, 5.74) is 7.80. The van der Waals surface area contributed by atoms with E-state index in [0.717, 1.165) is 53.3 Å². The Kier molecular flexibility index (Phi) is 9.97. The molecule has 1 fully saturated rings. The van der Waals surface area contributed by atoms with Gasteiger partial charge in [0, 0.05) is 23.2 Å². The molecule has 1 N–H and O–H groups in total. The van der Waals surface area contributed by atoms with Crippen LogP contribution < -0.4 is 5.32 Å². The summed E-state index contributed by atoms with van der Waals surface area (Å²) in [5, 5.41) is 3.40. The van der Waals surface area contributed by atoms with Crippen molar-refractivity contribution in [2.45, 2.75) is 86.0 Å². The zero-order chi connectivity index (χ0) is 22.8. The number of amidine groups is 1. The summed E-state index contributed by atoms with van der Waals surface area (Å²) in [5.74, 6) is 1.48. The number of hydrogen-bond donors (Lipinski definition) is 1. The summed E-state index contributed by atoms with van der Waals surface area (Å²) in [7, 11) is 0. The minimum absolute atomic E-state index is 0.644. The highest BCUT2D eigenvalue weighted by Gasteiger charge is 2.21. The van der Waals surface area contributed by atoms with Gasteiger partial charge in [0.15, 0.2) is 0 Å². The maximum absolute atomic E-state index is 5.00. The molecule has 1 heterocycles. The number of aliphatic imine (C=N–C) groups is 1. The molecule has 1 aliphatic carbocycles. The smallest absolute Gasteiger partial charge is 0.103 e. The minimum atomic E-state index is 0.644. The van der Waals surface area contributed by atoms with E-state index in [1.165, 1.54) is 43.3 Å². The maximum Gasteiger partial charge on any atom is 0.103 e. The normalized spacial score (nSPS) is 16.7. The molecule has 0 unspecified atom stereocenters. The molecule has 0 spiro atoms. The molecule has 1 aromatic rings. The lowest BCUT2D eigenvalue weighted by Gasteiger charge is -2.26. The first kappa shape index (κ1) is 24.8. The van der Waals surface area contributed by atoms with Crippen LogP contribution in [0.4, 0.5) is 0 Å². The van der Waals surface area contributed by atoms with Crippen LogP contribution in [0.3, 0.4) is 0 Å². The fourth-order valence-corrected chi connectivity index (χ4v) is 4.45. The van der Waals surface area contributed by atoms with E-state index in [0.29, 0.717) is 5.92 Å². The molecular weight excluding hydrogens is 378 g/mol. The molecule has 1 saturated carbocycles. The van der Waals surface area contributed by atoms with E-state index in [9.17, 15) is 0 Å². The Balaban J connectivity index is 2.29. The van der Waals surface area contributed by atoms with Crippen molar-refractivity contribution >= 4 is 11.5 Å². The summed E-state index contributed by atoms with van der Waals surface area (Å²) < 4.78 is 0. The fraction of sp³-hybridized carbons (Fsp3) is 0.500. The first-order valence-corrected chi connectivity index (χ1v) is 11.9. The lowest BCUT2D eigenvalue weighted by atomic mass is 9.80. The molecule has 3 nitrogen and oxygen atoms in total. The molecule has 0 radical (unpaired) electrons. The van der Waals surface area contributed by atoms with Gasteiger partial charge in [-0.2, -0.15) is 0 Å². The first-order chi connectivity index (χ1) is 14.9. The molecule has 1 aliphatic rings. The Hall–Kier alpha value is -2.42. The Labute approximate surface area is 190 Å². The van der Waals surface area contributed by atoms with Gasteiger partial charge in [-0.25, -0.2) is 4.99 Å². The molecule has 0 bridgehead atoms. The van der Waals surface area contributed by atoms with Gasteiger partial charge < -0.3 is 5.32 Å². The second-order valence-electron chi connectivity index (χ2n) is 8.60. The molecule has 2 rings (SSSR count). The Morgan fingerprint density at radius 1 is 1.19 bits per heavy atom. The summed E-state index contributed by atoms with van der Waals surface area (Å²) in [6.45, 7) is 19.3. The van der Waals surface area contributed by atoms with Crippen LogP contribution in [0, 0.1) is 5.92 Å². The minimum Gasteiger partial charge on any atom is -0.344 e. The second kappa shape index (κ2) is 12.4. The number of aryl methyl sites for hydroxylation is 1. The van der Waals surface area contributed by atoms with Gasteiger partial charge >= 0.3 is 0 Å². The van der Waals surface area contributed by atoms with Gasteiger partial charge in [0.05, 0.1) is 5.70 Å². The Morgan fingerprint density at radius 3 is 2.52 bits per heavy atom. The number of nitrogens with zero attached hydrogens (tertiary/aromatic N) is 2. The molecule has 3 heteroatoms. The van der Waals surface area contributed by atoms with Crippen LogP contribution in [0.2, 0.25) is 0 Å². The zero-order valence-corrected chi connectivity index (χ0v) is 20.4. The van der Waals surface area contributed by atoms with E-state index in [2.05, 4.69) is 63.3 Å². The van der Waals surface area contributed by atoms with E-state index in [1.807, 2.05) is 19.2 Å². The molecular formula is C28H41N3. The highest BCUT2D eigenvalue weighted by Crippen LogP contribution is 2.36. The van der Waals surface area contributed by atoms with Crippen molar-refractivity contribution in [2.24, 2.45) is 10.9 Å². The topological polar surface area (TPSA) is 37.3 Å². The van der Waals surface area contributed by atoms with Crippen LogP contribution in [-0.4, -0.2) is 10.8 Å². The molecule has 0 amide bonds. The van der Waals surface area contributed by atoms with Gasteiger partial charge in [0.2, 0.25) is 0 Å². The third-order valence-electron chi connectivity index (χ3n) is 6.19. The van der Waals surface area contributed by atoms with Crippen molar-refractivity contribution in [3.8, 4) is 0 Å². The van der Waals surface area contributed by atoms with E-state index < -0.39 is 0 Å². The van der Waals surface area contributed by atoms with Crippen molar-refractivity contribution in [2.75, 3.05) is 0 Å². The van der Waals surface area contributed by atoms with E-state index in [-0.39, 0.29) is 0 Å². The van der Waals surface area contributed by atoms with Crippen molar-refractivity contribution in [3.05, 3.63) is 71.2 Å². The molecule has 0 atom stereocenters. The number of rotatable bonds is 9. The predicted molar refractivity (Wildman–Crippen MR) is 136 cm³/mol. The highest BCUT2D eigenvalue weighted by atomic mass is 15.0. The number of pyridine rings is 1. The van der Waals surface area contributed by atoms with Crippen LogP contribution in [-0.2, 0) is 6.42 Å². The zero-order valence-electron chi connectivity index (χ0n) is 20.4. The molecule has 1 aromatic heterocycles. The highest BCUT2D eigenvalue weighted by molar-refractivity contribution is 5.89. The quantitative estimate of drug-likeness (QED) is 0.252. The summed E-state index contributed by atoms with van der Waals surface area (Å²) in [6.07, 6.45) is 13.7. The molecule has 31 heavy (non-hydrogen) atoms. The molecule has 168 valence electrons. The first-order valence-electron chi connectivity index (χ1n) is 11.9. The lowest BCUT2D eigenvalue weighted by molar-refractivity contribution is 0.405. The van der Waals surface area contributed by atoms with Gasteiger partial charge in [-0.15, -0.1) is 0 Å². The van der Waals surface area contributed by atoms with Crippen molar-refractivity contribution in [1.82, 2.24) is 10.3 Å². The fourth-order valence-electron chi connectivity index (χ4n) is 4.45. The Bertz CT molecular complexity index is 864. The maximum atomic E-state index is 5.00. The largest absolute Gasteiger partial charge is 0.344 e. The number of allylic oxidation sites excluding steroid dienone is 4. The summed E-state index contributed by atoms with van der Waals surface area (Å²) in [4.78, 5) is 9.45. The standard InChI is InChI=1S/C28H41N3/c1-8-14-26-19-25(17-18-29-26)22(6)30-23(7)31-28(20(4)9-2)21(5)27(10-3)24-15-12-11-13-16-24/h10,17-19,24H,4,6,8-9,11-16H2,1-3,5,7H3,(H,30,31)/b27-10+,28-21+. The van der Waals surface area contributed by atoms with Gasteiger partial charge in [0.1, 0.15) is 5.84 Å². The third kappa shape index (κ3) is 7.05. The molecule has 0 aliphatic heterocycles. The van der Waals surface area contributed by atoms with E-state index in [1.54, 1.807) is 0 Å². The van der Waals surface area contributed by atoms with Crippen molar-refractivity contribution < 1.29 is 0 Å². The number of nitrogens with one attached hydrogen (secondary N) is 1. The van der Waals surface area contributed by atoms with Gasteiger partial charge in [-0.05, 0) is 81.2 Å². The van der Waals surface area contributed by atoms with Crippen molar-refractivity contribution in [3.63, 3.8) is 0 Å². The molecule has 0 aromatic carbocycles. The Morgan fingerprint density at radius 2 is 1.90 bits per heavy atom. The summed E-state index contributed by atoms with van der Waals surface area (Å²) in [6, 6.07) is 4.11. The van der Waals surface area contributed by atoms with Crippen LogP contribution in [0.1, 0.15) is 90.8 Å². The number of aromatic nitrogens is 1. The van der Waals surface area contributed by atoms with Crippen LogP contribution in [0.25, 0.3) is 5.70 Å². The molecule has 0 saturated heterocycles. The third-order valence-corrected chi connectivity index (χ3v) is 6.19.